The van der Waals surface area contributed by atoms with E-state index in [0.717, 1.165) is 6.54 Å². The van der Waals surface area contributed by atoms with Crippen molar-refractivity contribution in [2.45, 2.75) is 6.92 Å². The molecule has 0 aliphatic carbocycles. The third-order valence-electron chi connectivity index (χ3n) is 1.01. The molecular formula is C7H17NO3. The Balaban J connectivity index is 2.69. The van der Waals surface area contributed by atoms with Gasteiger partial charge in [-0.25, -0.2) is 5.48 Å². The van der Waals surface area contributed by atoms with Crippen molar-refractivity contribution in [2.24, 2.45) is 0 Å². The molecule has 0 rings (SSSR count). The third-order valence-corrected chi connectivity index (χ3v) is 1.01. The van der Waals surface area contributed by atoms with Crippen LogP contribution in [-0.4, -0.2) is 40.1 Å². The standard InChI is InChI=1S/C7H17NO3/c1-3-8-11-7-6-10-5-4-9-2/h8H,3-7H2,1-2H3. The molecule has 4 heteroatoms. The van der Waals surface area contributed by atoms with Crippen LogP contribution in [0.2, 0.25) is 0 Å². The van der Waals surface area contributed by atoms with Gasteiger partial charge in [-0.3, -0.25) is 4.84 Å². The van der Waals surface area contributed by atoms with E-state index in [4.69, 9.17) is 14.3 Å². The summed E-state index contributed by atoms with van der Waals surface area (Å²) >= 11 is 0. The first kappa shape index (κ1) is 10.8. The largest absolute Gasteiger partial charge is 0.382 e. The van der Waals surface area contributed by atoms with E-state index in [1.807, 2.05) is 6.92 Å². The SMILES string of the molecule is CCNOCCOCCOC. The van der Waals surface area contributed by atoms with Crippen LogP contribution in [-0.2, 0) is 14.3 Å². The van der Waals surface area contributed by atoms with Gasteiger partial charge in [-0.15, -0.1) is 0 Å². The maximum absolute atomic E-state index is 5.13. The fourth-order valence-corrected chi connectivity index (χ4v) is 0.519. The van der Waals surface area contributed by atoms with E-state index in [0.29, 0.717) is 26.4 Å². The molecule has 68 valence electrons. The minimum absolute atomic E-state index is 0.581. The number of hydrogen-bond acceptors (Lipinski definition) is 4. The van der Waals surface area contributed by atoms with Gasteiger partial charge in [0.1, 0.15) is 0 Å². The zero-order valence-corrected chi connectivity index (χ0v) is 7.26. The average Bonchev–Trinajstić information content (AvgIpc) is 2.03. The Morgan fingerprint density at radius 1 is 1.09 bits per heavy atom. The molecule has 11 heavy (non-hydrogen) atoms. The van der Waals surface area contributed by atoms with Crippen LogP contribution >= 0.6 is 0 Å². The molecule has 0 saturated carbocycles. The molecule has 1 N–H and O–H groups in total. The van der Waals surface area contributed by atoms with Gasteiger partial charge in [0, 0.05) is 13.7 Å². The van der Waals surface area contributed by atoms with Crippen molar-refractivity contribution in [3.63, 3.8) is 0 Å². The number of nitrogens with one attached hydrogen (secondary N) is 1. The van der Waals surface area contributed by atoms with Crippen LogP contribution < -0.4 is 5.48 Å². The Hall–Kier alpha value is -0.160. The minimum atomic E-state index is 0.581. The summed E-state index contributed by atoms with van der Waals surface area (Å²) in [6.07, 6.45) is 0. The molecule has 4 nitrogen and oxygen atoms in total. The highest BCUT2D eigenvalue weighted by atomic mass is 16.7. The van der Waals surface area contributed by atoms with Gasteiger partial charge in [-0.2, -0.15) is 0 Å². The van der Waals surface area contributed by atoms with Gasteiger partial charge >= 0.3 is 0 Å². The second kappa shape index (κ2) is 9.84. The van der Waals surface area contributed by atoms with Crippen LogP contribution in [0.25, 0.3) is 0 Å². The van der Waals surface area contributed by atoms with Gasteiger partial charge in [-0.05, 0) is 0 Å². The summed E-state index contributed by atoms with van der Waals surface area (Å²) in [7, 11) is 1.65. The molecule has 0 spiro atoms. The predicted octanol–water partition coefficient (Wildman–Crippen LogP) is 0.190. The van der Waals surface area contributed by atoms with Crippen molar-refractivity contribution in [3.8, 4) is 0 Å². The maximum atomic E-state index is 5.13. The summed E-state index contributed by atoms with van der Waals surface area (Å²) in [5.41, 5.74) is 2.73. The maximum Gasteiger partial charge on any atom is 0.0916 e. The third kappa shape index (κ3) is 9.84. The molecule has 0 aromatic rings. The summed E-state index contributed by atoms with van der Waals surface area (Å²) in [6, 6.07) is 0. The van der Waals surface area contributed by atoms with Gasteiger partial charge in [0.05, 0.1) is 26.4 Å². The summed E-state index contributed by atoms with van der Waals surface area (Å²) in [5.74, 6) is 0. The highest BCUT2D eigenvalue weighted by Crippen LogP contribution is 1.76. The van der Waals surface area contributed by atoms with Crippen molar-refractivity contribution in [2.75, 3.05) is 40.1 Å². The lowest BCUT2D eigenvalue weighted by Crippen LogP contribution is -2.17. The smallest absolute Gasteiger partial charge is 0.0916 e. The van der Waals surface area contributed by atoms with Crippen molar-refractivity contribution >= 4 is 0 Å². The number of rotatable bonds is 8. The lowest BCUT2D eigenvalue weighted by atomic mass is 10.7. The molecule has 0 atom stereocenters. The first-order chi connectivity index (χ1) is 5.41. The molecule has 0 bridgehead atoms. The Morgan fingerprint density at radius 3 is 2.45 bits per heavy atom. The Kier molecular flexibility index (Phi) is 9.70. The topological polar surface area (TPSA) is 39.7 Å². The summed E-state index contributed by atoms with van der Waals surface area (Å²) < 4.78 is 9.92. The monoisotopic (exact) mass is 163 g/mol. The zero-order chi connectivity index (χ0) is 8.36. The number of hydrogen-bond donors (Lipinski definition) is 1. The van der Waals surface area contributed by atoms with Crippen LogP contribution in [0, 0.1) is 0 Å². The van der Waals surface area contributed by atoms with E-state index in [2.05, 4.69) is 5.48 Å². The quantitative estimate of drug-likeness (QED) is 0.409. The van der Waals surface area contributed by atoms with Crippen molar-refractivity contribution < 1.29 is 14.3 Å². The van der Waals surface area contributed by atoms with E-state index >= 15 is 0 Å². The molecule has 0 unspecified atom stereocenters. The second-order valence-corrected chi connectivity index (χ2v) is 1.95. The minimum Gasteiger partial charge on any atom is -0.382 e. The van der Waals surface area contributed by atoms with Crippen molar-refractivity contribution in [3.05, 3.63) is 0 Å². The molecule has 0 aliphatic heterocycles. The Labute approximate surface area is 67.8 Å². The van der Waals surface area contributed by atoms with Gasteiger partial charge in [0.15, 0.2) is 0 Å². The van der Waals surface area contributed by atoms with Gasteiger partial charge in [-0.1, -0.05) is 6.92 Å². The summed E-state index contributed by atoms with van der Waals surface area (Å²) in [6.45, 7) is 5.25. The number of methoxy groups -OCH3 is 1. The summed E-state index contributed by atoms with van der Waals surface area (Å²) in [4.78, 5) is 4.95. The normalized spacial score (nSPS) is 10.4. The molecule has 0 radical (unpaired) electrons. The van der Waals surface area contributed by atoms with Crippen LogP contribution in [0.4, 0.5) is 0 Å². The zero-order valence-electron chi connectivity index (χ0n) is 7.26. The molecule has 0 heterocycles. The fourth-order valence-electron chi connectivity index (χ4n) is 0.519. The molecule has 0 aromatic carbocycles. The first-order valence-corrected chi connectivity index (χ1v) is 3.83. The van der Waals surface area contributed by atoms with Crippen LogP contribution in [0.1, 0.15) is 6.92 Å². The molecular weight excluding hydrogens is 146 g/mol. The fraction of sp³-hybridized carbons (Fsp3) is 1.00. The Morgan fingerprint density at radius 2 is 1.82 bits per heavy atom. The lowest BCUT2D eigenvalue weighted by Gasteiger charge is -2.04. The Bertz CT molecular complexity index is 62.7. The molecule has 0 aromatic heterocycles. The number of hydroxylamine groups is 1. The van der Waals surface area contributed by atoms with Gasteiger partial charge in [0.2, 0.25) is 0 Å². The molecule has 0 saturated heterocycles. The summed E-state index contributed by atoms with van der Waals surface area (Å²) in [5, 5.41) is 0. The average molecular weight is 163 g/mol. The van der Waals surface area contributed by atoms with E-state index in [9.17, 15) is 0 Å². The van der Waals surface area contributed by atoms with Gasteiger partial charge in [0.25, 0.3) is 0 Å². The molecule has 0 fully saturated rings. The number of ether oxygens (including phenoxy) is 2. The van der Waals surface area contributed by atoms with E-state index in [1.165, 1.54) is 0 Å². The van der Waals surface area contributed by atoms with E-state index in [1.54, 1.807) is 7.11 Å². The van der Waals surface area contributed by atoms with Gasteiger partial charge < -0.3 is 9.47 Å². The van der Waals surface area contributed by atoms with Crippen LogP contribution in [0.15, 0.2) is 0 Å². The highest BCUT2D eigenvalue weighted by Gasteiger charge is 1.87. The molecule has 0 amide bonds. The van der Waals surface area contributed by atoms with Crippen LogP contribution in [0.5, 0.6) is 0 Å². The lowest BCUT2D eigenvalue weighted by molar-refractivity contribution is -0.0124. The van der Waals surface area contributed by atoms with E-state index < -0.39 is 0 Å². The molecule has 0 aliphatic rings. The predicted molar refractivity (Wildman–Crippen MR) is 42.3 cm³/mol. The van der Waals surface area contributed by atoms with Crippen LogP contribution in [0.3, 0.4) is 0 Å². The van der Waals surface area contributed by atoms with Crippen molar-refractivity contribution in [1.82, 2.24) is 5.48 Å². The van der Waals surface area contributed by atoms with E-state index in [-0.39, 0.29) is 0 Å². The van der Waals surface area contributed by atoms with Crippen molar-refractivity contribution in [1.29, 1.82) is 0 Å². The highest BCUT2D eigenvalue weighted by molar-refractivity contribution is 4.29. The first-order valence-electron chi connectivity index (χ1n) is 3.83. The second-order valence-electron chi connectivity index (χ2n) is 1.95.